The SMILES string of the molecule is CC(=O)c1ccc(C(=O)NCCC2CCCCC2)cc1F. The lowest BCUT2D eigenvalue weighted by atomic mass is 9.87. The minimum Gasteiger partial charge on any atom is -0.352 e. The second kappa shape index (κ2) is 7.34. The van der Waals surface area contributed by atoms with Gasteiger partial charge in [0.05, 0.1) is 5.56 Å². The third kappa shape index (κ3) is 4.38. The molecule has 0 radical (unpaired) electrons. The maximum Gasteiger partial charge on any atom is 0.251 e. The Balaban J connectivity index is 1.85. The summed E-state index contributed by atoms with van der Waals surface area (Å²) in [5, 5.41) is 2.83. The number of hydrogen-bond donors (Lipinski definition) is 1. The number of Topliss-reactive ketones (excluding diaryl/α,β-unsaturated/α-hetero) is 1. The minimum absolute atomic E-state index is 0.0220. The summed E-state index contributed by atoms with van der Waals surface area (Å²) in [6.07, 6.45) is 7.38. The van der Waals surface area contributed by atoms with Gasteiger partial charge in [0, 0.05) is 12.1 Å². The van der Waals surface area contributed by atoms with E-state index in [2.05, 4.69) is 5.32 Å². The molecule has 1 fully saturated rings. The van der Waals surface area contributed by atoms with E-state index in [1.165, 1.54) is 51.2 Å². The second-order valence-corrected chi connectivity index (χ2v) is 5.80. The number of ketones is 1. The summed E-state index contributed by atoms with van der Waals surface area (Å²) in [6, 6.07) is 4.00. The molecule has 1 amide bonds. The van der Waals surface area contributed by atoms with Gasteiger partial charge in [-0.25, -0.2) is 4.39 Å². The first kappa shape index (κ1) is 15.7. The molecule has 0 bridgehead atoms. The first-order chi connectivity index (χ1) is 10.1. The molecule has 21 heavy (non-hydrogen) atoms. The minimum atomic E-state index is -0.637. The summed E-state index contributed by atoms with van der Waals surface area (Å²) in [7, 11) is 0. The van der Waals surface area contributed by atoms with Gasteiger partial charge in [-0.05, 0) is 37.5 Å². The standard InChI is InChI=1S/C17H22FNO2/c1-12(20)15-8-7-14(11-16(15)18)17(21)19-10-9-13-5-3-2-4-6-13/h7-8,11,13H,2-6,9-10H2,1H3,(H,19,21). The van der Waals surface area contributed by atoms with Crippen LogP contribution in [0.15, 0.2) is 18.2 Å². The fourth-order valence-electron chi connectivity index (χ4n) is 2.91. The molecular formula is C17H22FNO2. The average Bonchev–Trinajstić information content (AvgIpc) is 2.47. The molecule has 1 aromatic rings. The molecule has 114 valence electrons. The smallest absolute Gasteiger partial charge is 0.251 e. The molecule has 1 saturated carbocycles. The number of nitrogens with one attached hydrogen (secondary N) is 1. The van der Waals surface area contributed by atoms with Crippen molar-refractivity contribution in [3.8, 4) is 0 Å². The van der Waals surface area contributed by atoms with Gasteiger partial charge in [-0.1, -0.05) is 32.1 Å². The van der Waals surface area contributed by atoms with E-state index in [4.69, 9.17) is 0 Å². The molecule has 0 atom stereocenters. The molecule has 0 heterocycles. The predicted molar refractivity (Wildman–Crippen MR) is 79.9 cm³/mol. The highest BCUT2D eigenvalue weighted by molar-refractivity contribution is 5.97. The van der Waals surface area contributed by atoms with E-state index >= 15 is 0 Å². The predicted octanol–water partition coefficient (Wildman–Crippen LogP) is 3.73. The van der Waals surface area contributed by atoms with Crippen molar-refractivity contribution < 1.29 is 14.0 Å². The van der Waals surface area contributed by atoms with E-state index in [1.54, 1.807) is 0 Å². The van der Waals surface area contributed by atoms with E-state index in [0.29, 0.717) is 12.5 Å². The van der Waals surface area contributed by atoms with Crippen molar-refractivity contribution in [3.05, 3.63) is 35.1 Å². The Hall–Kier alpha value is -1.71. The largest absolute Gasteiger partial charge is 0.352 e. The Morgan fingerprint density at radius 1 is 1.24 bits per heavy atom. The molecule has 1 aliphatic rings. The second-order valence-electron chi connectivity index (χ2n) is 5.80. The Morgan fingerprint density at radius 2 is 1.95 bits per heavy atom. The van der Waals surface area contributed by atoms with Crippen molar-refractivity contribution in [2.75, 3.05) is 6.54 Å². The summed E-state index contributed by atoms with van der Waals surface area (Å²) in [5.74, 6) is -0.546. The Bertz CT molecular complexity index is 522. The van der Waals surface area contributed by atoms with Crippen LogP contribution in [0.4, 0.5) is 4.39 Å². The van der Waals surface area contributed by atoms with Crippen LogP contribution in [0.5, 0.6) is 0 Å². The van der Waals surface area contributed by atoms with Gasteiger partial charge in [-0.15, -0.1) is 0 Å². The highest BCUT2D eigenvalue weighted by Crippen LogP contribution is 2.25. The molecule has 0 unspecified atom stereocenters. The van der Waals surface area contributed by atoms with Gasteiger partial charge in [-0.2, -0.15) is 0 Å². The van der Waals surface area contributed by atoms with Crippen molar-refractivity contribution in [1.82, 2.24) is 5.32 Å². The summed E-state index contributed by atoms with van der Waals surface area (Å²) in [5.41, 5.74) is 0.287. The van der Waals surface area contributed by atoms with Gasteiger partial charge < -0.3 is 5.32 Å². The number of benzene rings is 1. The van der Waals surface area contributed by atoms with Gasteiger partial charge in [0.1, 0.15) is 5.82 Å². The molecule has 1 aliphatic carbocycles. The zero-order valence-corrected chi connectivity index (χ0v) is 12.5. The molecule has 1 aromatic carbocycles. The lowest BCUT2D eigenvalue weighted by Gasteiger charge is -2.21. The number of carbonyl (C=O) groups is 2. The molecule has 0 aliphatic heterocycles. The van der Waals surface area contributed by atoms with Crippen LogP contribution in [0.3, 0.4) is 0 Å². The van der Waals surface area contributed by atoms with Crippen molar-refractivity contribution >= 4 is 11.7 Å². The van der Waals surface area contributed by atoms with Crippen LogP contribution in [-0.4, -0.2) is 18.2 Å². The van der Waals surface area contributed by atoms with Crippen molar-refractivity contribution in [2.45, 2.75) is 45.4 Å². The number of hydrogen-bond acceptors (Lipinski definition) is 2. The van der Waals surface area contributed by atoms with Crippen molar-refractivity contribution in [3.63, 3.8) is 0 Å². The van der Waals surface area contributed by atoms with Gasteiger partial charge in [0.15, 0.2) is 5.78 Å². The van der Waals surface area contributed by atoms with Crippen LogP contribution in [0.25, 0.3) is 0 Å². The van der Waals surface area contributed by atoms with Crippen LogP contribution in [0.2, 0.25) is 0 Å². The average molecular weight is 291 g/mol. The zero-order valence-electron chi connectivity index (χ0n) is 12.5. The lowest BCUT2D eigenvalue weighted by molar-refractivity contribution is 0.0947. The fraction of sp³-hybridized carbons (Fsp3) is 0.529. The van der Waals surface area contributed by atoms with Crippen LogP contribution in [-0.2, 0) is 0 Å². The monoisotopic (exact) mass is 291 g/mol. The quantitative estimate of drug-likeness (QED) is 0.840. The Labute approximate surface area is 124 Å². The Kier molecular flexibility index (Phi) is 5.48. The van der Waals surface area contributed by atoms with E-state index in [9.17, 15) is 14.0 Å². The molecular weight excluding hydrogens is 269 g/mol. The van der Waals surface area contributed by atoms with E-state index < -0.39 is 5.82 Å². The van der Waals surface area contributed by atoms with Gasteiger partial charge in [-0.3, -0.25) is 9.59 Å². The maximum atomic E-state index is 13.7. The number of amides is 1. The van der Waals surface area contributed by atoms with Crippen LogP contribution in [0.1, 0.15) is 66.2 Å². The highest BCUT2D eigenvalue weighted by Gasteiger charge is 2.15. The third-order valence-corrected chi connectivity index (χ3v) is 4.17. The molecule has 3 nitrogen and oxygen atoms in total. The first-order valence-corrected chi connectivity index (χ1v) is 7.66. The lowest BCUT2D eigenvalue weighted by Crippen LogP contribution is -2.26. The van der Waals surface area contributed by atoms with Crippen molar-refractivity contribution in [2.24, 2.45) is 5.92 Å². The number of halogens is 1. The van der Waals surface area contributed by atoms with Gasteiger partial charge >= 0.3 is 0 Å². The fourth-order valence-corrected chi connectivity index (χ4v) is 2.91. The van der Waals surface area contributed by atoms with E-state index in [-0.39, 0.29) is 22.8 Å². The van der Waals surface area contributed by atoms with Gasteiger partial charge in [0.25, 0.3) is 5.91 Å². The zero-order chi connectivity index (χ0) is 15.2. The summed E-state index contributed by atoms with van der Waals surface area (Å²) < 4.78 is 13.7. The molecule has 0 saturated heterocycles. The number of carbonyl (C=O) groups excluding carboxylic acids is 2. The molecule has 2 rings (SSSR count). The number of rotatable bonds is 5. The summed E-state index contributed by atoms with van der Waals surface area (Å²) in [6.45, 7) is 1.93. The topological polar surface area (TPSA) is 46.2 Å². The third-order valence-electron chi connectivity index (χ3n) is 4.17. The van der Waals surface area contributed by atoms with E-state index in [0.717, 1.165) is 12.5 Å². The summed E-state index contributed by atoms with van der Waals surface area (Å²) >= 11 is 0. The van der Waals surface area contributed by atoms with Crippen LogP contribution in [0, 0.1) is 11.7 Å². The molecule has 4 heteroatoms. The maximum absolute atomic E-state index is 13.7. The van der Waals surface area contributed by atoms with Crippen LogP contribution < -0.4 is 5.32 Å². The van der Waals surface area contributed by atoms with Crippen molar-refractivity contribution in [1.29, 1.82) is 0 Å². The Morgan fingerprint density at radius 3 is 2.57 bits per heavy atom. The molecule has 0 aromatic heterocycles. The van der Waals surface area contributed by atoms with Crippen LogP contribution >= 0.6 is 0 Å². The summed E-state index contributed by atoms with van der Waals surface area (Å²) in [4.78, 5) is 23.1. The normalized spacial score (nSPS) is 15.7. The van der Waals surface area contributed by atoms with E-state index in [1.807, 2.05) is 0 Å². The molecule has 0 spiro atoms. The molecule has 1 N–H and O–H groups in total. The first-order valence-electron chi connectivity index (χ1n) is 7.66. The highest BCUT2D eigenvalue weighted by atomic mass is 19.1. The van der Waals surface area contributed by atoms with Gasteiger partial charge in [0.2, 0.25) is 0 Å².